The monoisotopic (exact) mass is 1040 g/mol. The Bertz CT molecular complexity index is 1200. The van der Waals surface area contributed by atoms with Crippen LogP contribution in [-0.2, 0) is 14.3 Å². The van der Waals surface area contributed by atoms with E-state index in [4.69, 9.17) is 4.74 Å². The molecule has 436 valence electrons. The zero-order chi connectivity index (χ0) is 53.6. The summed E-state index contributed by atoms with van der Waals surface area (Å²) in [5.74, 6) is -0.0574. The van der Waals surface area contributed by atoms with Crippen molar-refractivity contribution in [3.63, 3.8) is 0 Å². The van der Waals surface area contributed by atoms with Gasteiger partial charge in [-0.05, 0) is 57.8 Å². The van der Waals surface area contributed by atoms with E-state index in [1.54, 1.807) is 6.08 Å². The van der Waals surface area contributed by atoms with E-state index >= 15 is 0 Å². The zero-order valence-electron chi connectivity index (χ0n) is 49.8. The first kappa shape index (κ1) is 72.1. The Labute approximate surface area is 462 Å². The summed E-state index contributed by atoms with van der Waals surface area (Å²) < 4.78 is 5.48. The number of amides is 1. The van der Waals surface area contributed by atoms with Crippen molar-refractivity contribution in [3.05, 3.63) is 36.5 Å². The first-order chi connectivity index (χ1) is 36.5. The second-order valence-corrected chi connectivity index (χ2v) is 22.8. The molecule has 0 aliphatic carbocycles. The van der Waals surface area contributed by atoms with E-state index in [-0.39, 0.29) is 18.5 Å². The number of hydrogen-bond acceptors (Lipinski definition) is 5. The summed E-state index contributed by atoms with van der Waals surface area (Å²) in [7, 11) is 0. The highest BCUT2D eigenvalue weighted by Gasteiger charge is 2.18. The van der Waals surface area contributed by atoms with Gasteiger partial charge in [0.1, 0.15) is 0 Å². The minimum Gasteiger partial charge on any atom is -0.466 e. The molecule has 6 nitrogen and oxygen atoms in total. The van der Waals surface area contributed by atoms with E-state index in [1.807, 2.05) is 6.08 Å². The lowest BCUT2D eigenvalue weighted by atomic mass is 10.0. The highest BCUT2D eigenvalue weighted by molar-refractivity contribution is 5.76. The van der Waals surface area contributed by atoms with Crippen molar-refractivity contribution < 1.29 is 24.5 Å². The lowest BCUT2D eigenvalue weighted by molar-refractivity contribution is -0.143. The molecule has 0 fully saturated rings. The molecule has 1 amide bonds. The maximum atomic E-state index is 12.4. The van der Waals surface area contributed by atoms with Crippen molar-refractivity contribution in [2.45, 2.75) is 373 Å². The van der Waals surface area contributed by atoms with E-state index in [0.717, 1.165) is 51.4 Å². The highest BCUT2D eigenvalue weighted by atomic mass is 16.5. The molecule has 0 spiro atoms. The van der Waals surface area contributed by atoms with E-state index in [1.165, 1.54) is 283 Å². The zero-order valence-corrected chi connectivity index (χ0v) is 49.8. The molecule has 2 atom stereocenters. The Hall–Kier alpha value is -1.92. The molecule has 0 aliphatic heterocycles. The predicted molar refractivity (Wildman–Crippen MR) is 324 cm³/mol. The molecule has 6 heteroatoms. The van der Waals surface area contributed by atoms with Crippen molar-refractivity contribution >= 4 is 11.9 Å². The predicted octanol–water partition coefficient (Wildman–Crippen LogP) is 21.1. The fourth-order valence-electron chi connectivity index (χ4n) is 10.3. The van der Waals surface area contributed by atoms with Crippen molar-refractivity contribution in [1.29, 1.82) is 0 Å². The average molecular weight is 1040 g/mol. The molecule has 74 heavy (non-hydrogen) atoms. The number of aliphatic hydroxyl groups is 2. The van der Waals surface area contributed by atoms with Gasteiger partial charge in [0.2, 0.25) is 5.91 Å². The number of nitrogens with one attached hydrogen (secondary N) is 1. The summed E-state index contributed by atoms with van der Waals surface area (Å²) >= 11 is 0. The van der Waals surface area contributed by atoms with E-state index in [0.29, 0.717) is 19.4 Å². The van der Waals surface area contributed by atoms with Gasteiger partial charge in [-0.1, -0.05) is 326 Å². The molecule has 0 aliphatic rings. The molecule has 3 N–H and O–H groups in total. The van der Waals surface area contributed by atoms with Gasteiger partial charge in [0.05, 0.1) is 25.4 Å². The minimum absolute atomic E-state index is 0.00598. The lowest BCUT2D eigenvalue weighted by Crippen LogP contribution is -2.45. The molecule has 0 aromatic heterocycles. The molecule has 0 saturated carbocycles. The van der Waals surface area contributed by atoms with Gasteiger partial charge in [0.15, 0.2) is 0 Å². The fraction of sp³-hybridized carbons (Fsp3) is 0.882. The summed E-state index contributed by atoms with van der Waals surface area (Å²) in [4.78, 5) is 24.5. The van der Waals surface area contributed by atoms with Gasteiger partial charge in [0.25, 0.3) is 0 Å². The number of carbonyl (C=O) groups is 2. The first-order valence-corrected chi connectivity index (χ1v) is 33.3. The van der Waals surface area contributed by atoms with Gasteiger partial charge >= 0.3 is 5.97 Å². The Morgan fingerprint density at radius 3 is 1.08 bits per heavy atom. The SMILES string of the molecule is CCC/C=C\C/C=C\CCCCCCCC(=O)OCCCCCCCCCCCCCCCCCCCCCCCCCCCCCCCCCCCC(=O)NC(CO)C(O)/C=C/CCCCCCCCCCC. The van der Waals surface area contributed by atoms with Gasteiger partial charge in [-0.25, -0.2) is 0 Å². The van der Waals surface area contributed by atoms with Gasteiger partial charge in [-0.15, -0.1) is 0 Å². The number of hydrogen-bond donors (Lipinski definition) is 3. The van der Waals surface area contributed by atoms with Crippen LogP contribution in [0.1, 0.15) is 361 Å². The summed E-state index contributed by atoms with van der Waals surface area (Å²) in [6.45, 7) is 4.84. The quantitative estimate of drug-likeness (QED) is 0.0320. The van der Waals surface area contributed by atoms with Crippen LogP contribution in [0.4, 0.5) is 0 Å². The third-order valence-corrected chi connectivity index (χ3v) is 15.4. The third kappa shape index (κ3) is 59.3. The van der Waals surface area contributed by atoms with E-state index in [9.17, 15) is 19.8 Å². The lowest BCUT2D eigenvalue weighted by Gasteiger charge is -2.20. The van der Waals surface area contributed by atoms with Gasteiger partial charge in [0, 0.05) is 12.8 Å². The van der Waals surface area contributed by atoms with Crippen LogP contribution in [0.3, 0.4) is 0 Å². The summed E-state index contributed by atoms with van der Waals surface area (Å²) in [6.07, 6.45) is 80.9. The Morgan fingerprint density at radius 1 is 0.378 bits per heavy atom. The third-order valence-electron chi connectivity index (χ3n) is 15.4. The van der Waals surface area contributed by atoms with E-state index in [2.05, 4.69) is 43.5 Å². The van der Waals surface area contributed by atoms with Crippen LogP contribution in [0.15, 0.2) is 36.5 Å². The second-order valence-electron chi connectivity index (χ2n) is 22.8. The van der Waals surface area contributed by atoms with Crippen molar-refractivity contribution in [2.24, 2.45) is 0 Å². The standard InChI is InChI=1S/C68H129NO5/c1-3-5-7-9-11-13-15-37-42-46-50-54-58-62-68(73)74-63-59-55-51-47-43-39-36-34-32-30-28-26-24-22-20-18-16-17-19-21-23-25-27-29-31-33-35-38-41-45-49-53-57-61-67(72)69-65(64-70)66(71)60-56-52-48-44-40-14-12-10-8-6-4-2/h7,9,13,15,56,60,65-66,70-71H,3-6,8,10-12,14,16-55,57-59,61-64H2,1-2H3,(H,69,72)/b9-7-,15-13-,60-56+. The number of aliphatic hydroxyl groups excluding tert-OH is 2. The van der Waals surface area contributed by atoms with Crippen molar-refractivity contribution in [1.82, 2.24) is 5.32 Å². The van der Waals surface area contributed by atoms with Crippen LogP contribution in [0.2, 0.25) is 0 Å². The number of esters is 1. The number of ether oxygens (including phenoxy) is 1. The van der Waals surface area contributed by atoms with E-state index < -0.39 is 12.1 Å². The molecule has 0 heterocycles. The van der Waals surface area contributed by atoms with Gasteiger partial charge < -0.3 is 20.3 Å². The molecular weight excluding hydrogens is 911 g/mol. The Morgan fingerprint density at radius 2 is 0.703 bits per heavy atom. The second kappa shape index (κ2) is 63.6. The molecule has 0 aromatic carbocycles. The highest BCUT2D eigenvalue weighted by Crippen LogP contribution is 2.18. The average Bonchev–Trinajstić information content (AvgIpc) is 3.40. The normalized spacial score (nSPS) is 12.8. The minimum atomic E-state index is -0.839. The van der Waals surface area contributed by atoms with Crippen LogP contribution in [0, 0.1) is 0 Å². The molecule has 2 unspecified atom stereocenters. The number of unbranched alkanes of at least 4 members (excludes halogenated alkanes) is 47. The molecule has 0 radical (unpaired) electrons. The molecule has 0 rings (SSSR count). The summed E-state index contributed by atoms with van der Waals surface area (Å²) in [6, 6.07) is -0.622. The molecule has 0 saturated heterocycles. The van der Waals surface area contributed by atoms with Crippen LogP contribution >= 0.6 is 0 Å². The fourth-order valence-corrected chi connectivity index (χ4v) is 10.3. The van der Waals surface area contributed by atoms with Crippen LogP contribution in [-0.4, -0.2) is 47.4 Å². The first-order valence-electron chi connectivity index (χ1n) is 33.3. The Kier molecular flexibility index (Phi) is 62.0. The summed E-state index contributed by atoms with van der Waals surface area (Å²) in [5.41, 5.74) is 0. The van der Waals surface area contributed by atoms with Gasteiger partial charge in [-0.2, -0.15) is 0 Å². The number of carbonyl (C=O) groups excluding carboxylic acids is 2. The van der Waals surface area contributed by atoms with Crippen LogP contribution < -0.4 is 5.32 Å². The van der Waals surface area contributed by atoms with Crippen LogP contribution in [0.25, 0.3) is 0 Å². The topological polar surface area (TPSA) is 95.9 Å². The van der Waals surface area contributed by atoms with Gasteiger partial charge in [-0.3, -0.25) is 9.59 Å². The largest absolute Gasteiger partial charge is 0.466 e. The maximum Gasteiger partial charge on any atom is 0.305 e. The maximum absolute atomic E-state index is 12.4. The van der Waals surface area contributed by atoms with Crippen molar-refractivity contribution in [2.75, 3.05) is 13.2 Å². The smallest absolute Gasteiger partial charge is 0.305 e. The van der Waals surface area contributed by atoms with Crippen molar-refractivity contribution in [3.8, 4) is 0 Å². The molecule has 0 bridgehead atoms. The molecule has 0 aromatic rings. The Balaban J connectivity index is 3.31. The molecular formula is C68H129NO5. The van der Waals surface area contributed by atoms with Crippen LogP contribution in [0.5, 0.6) is 0 Å². The summed E-state index contributed by atoms with van der Waals surface area (Å²) in [5, 5.41) is 23.0. The number of rotatable bonds is 62. The number of allylic oxidation sites excluding steroid dienone is 5.